The van der Waals surface area contributed by atoms with Gasteiger partial charge in [0.05, 0.1) is 18.5 Å². The molecule has 0 fully saturated rings. The first kappa shape index (κ1) is 12.6. The standard InChI is InChI=1S/C15H16N4O/c1-19-10-18-14-13(19)6-7-16-15(14)17-8-11-2-4-12(9-20)5-3-11/h2-7,10,20H,8-9H2,1H3,(H,16,17). The molecule has 2 aromatic heterocycles. The molecule has 2 N–H and O–H groups in total. The Kier molecular flexibility index (Phi) is 3.35. The Morgan fingerprint density at radius 1 is 1.10 bits per heavy atom. The van der Waals surface area contributed by atoms with Gasteiger partial charge in [0.1, 0.15) is 5.52 Å². The second kappa shape index (κ2) is 5.30. The molecular formula is C15H16N4O. The van der Waals surface area contributed by atoms with E-state index in [9.17, 15) is 0 Å². The van der Waals surface area contributed by atoms with E-state index in [0.29, 0.717) is 6.54 Å². The van der Waals surface area contributed by atoms with Gasteiger partial charge >= 0.3 is 0 Å². The van der Waals surface area contributed by atoms with Crippen LogP contribution in [0.5, 0.6) is 0 Å². The lowest BCUT2D eigenvalue weighted by molar-refractivity contribution is 0.282. The first-order valence-corrected chi connectivity index (χ1v) is 6.46. The predicted molar refractivity (Wildman–Crippen MR) is 78.2 cm³/mol. The Morgan fingerprint density at radius 2 is 1.85 bits per heavy atom. The number of nitrogens with zero attached hydrogens (tertiary/aromatic N) is 3. The van der Waals surface area contributed by atoms with Crippen LogP contribution in [0.3, 0.4) is 0 Å². The third-order valence-electron chi connectivity index (χ3n) is 3.31. The smallest absolute Gasteiger partial charge is 0.154 e. The summed E-state index contributed by atoms with van der Waals surface area (Å²) in [6, 6.07) is 9.79. The molecule has 0 atom stereocenters. The van der Waals surface area contributed by atoms with Gasteiger partial charge in [0.2, 0.25) is 0 Å². The number of hydrogen-bond acceptors (Lipinski definition) is 4. The molecule has 0 unspecified atom stereocenters. The molecule has 0 bridgehead atoms. The molecule has 102 valence electrons. The molecule has 0 radical (unpaired) electrons. The van der Waals surface area contributed by atoms with Crippen molar-refractivity contribution in [1.29, 1.82) is 0 Å². The largest absolute Gasteiger partial charge is 0.392 e. The fourth-order valence-corrected chi connectivity index (χ4v) is 2.14. The summed E-state index contributed by atoms with van der Waals surface area (Å²) in [4.78, 5) is 8.70. The van der Waals surface area contributed by atoms with Gasteiger partial charge < -0.3 is 15.0 Å². The van der Waals surface area contributed by atoms with Crippen molar-refractivity contribution >= 4 is 16.9 Å². The summed E-state index contributed by atoms with van der Waals surface area (Å²) >= 11 is 0. The van der Waals surface area contributed by atoms with Crippen molar-refractivity contribution in [3.63, 3.8) is 0 Å². The fourth-order valence-electron chi connectivity index (χ4n) is 2.14. The number of pyridine rings is 1. The summed E-state index contributed by atoms with van der Waals surface area (Å²) in [5.74, 6) is 0.786. The number of aromatic nitrogens is 3. The molecule has 0 saturated heterocycles. The summed E-state index contributed by atoms with van der Waals surface area (Å²) < 4.78 is 1.97. The summed E-state index contributed by atoms with van der Waals surface area (Å²) in [5.41, 5.74) is 3.98. The van der Waals surface area contributed by atoms with E-state index in [1.54, 1.807) is 12.5 Å². The number of aryl methyl sites for hydroxylation is 1. The second-order valence-corrected chi connectivity index (χ2v) is 4.71. The lowest BCUT2D eigenvalue weighted by Crippen LogP contribution is -2.02. The van der Waals surface area contributed by atoms with Crippen LogP contribution < -0.4 is 5.32 Å². The van der Waals surface area contributed by atoms with E-state index in [1.165, 1.54) is 0 Å². The van der Waals surface area contributed by atoms with Crippen LogP contribution in [0.2, 0.25) is 0 Å². The first-order chi connectivity index (χ1) is 9.78. The van der Waals surface area contributed by atoms with E-state index in [-0.39, 0.29) is 6.61 Å². The van der Waals surface area contributed by atoms with Gasteiger partial charge in [-0.3, -0.25) is 0 Å². The van der Waals surface area contributed by atoms with Crippen LogP contribution in [-0.2, 0) is 20.2 Å². The number of anilines is 1. The van der Waals surface area contributed by atoms with E-state index < -0.39 is 0 Å². The molecule has 2 heterocycles. The number of aliphatic hydroxyl groups is 1. The number of nitrogens with one attached hydrogen (secondary N) is 1. The number of fused-ring (bicyclic) bond motifs is 1. The third-order valence-corrected chi connectivity index (χ3v) is 3.31. The van der Waals surface area contributed by atoms with E-state index in [1.807, 2.05) is 41.9 Å². The van der Waals surface area contributed by atoms with Crippen LogP contribution >= 0.6 is 0 Å². The lowest BCUT2D eigenvalue weighted by atomic mass is 10.1. The SMILES string of the molecule is Cn1cnc2c(NCc3ccc(CO)cc3)nccc21. The van der Waals surface area contributed by atoms with Crippen LogP contribution in [-0.4, -0.2) is 19.6 Å². The van der Waals surface area contributed by atoms with Crippen molar-refractivity contribution in [2.75, 3.05) is 5.32 Å². The Bertz CT molecular complexity index is 718. The molecule has 0 aliphatic heterocycles. The molecular weight excluding hydrogens is 252 g/mol. The zero-order chi connectivity index (χ0) is 13.9. The van der Waals surface area contributed by atoms with Crippen molar-refractivity contribution in [2.45, 2.75) is 13.2 Å². The molecule has 1 aromatic carbocycles. The maximum atomic E-state index is 9.02. The Morgan fingerprint density at radius 3 is 2.60 bits per heavy atom. The fraction of sp³-hybridized carbons (Fsp3) is 0.200. The van der Waals surface area contributed by atoms with Gasteiger partial charge in [0, 0.05) is 19.8 Å². The Balaban J connectivity index is 1.79. The van der Waals surface area contributed by atoms with Crippen molar-refractivity contribution < 1.29 is 5.11 Å². The molecule has 0 aliphatic rings. The van der Waals surface area contributed by atoms with Crippen LogP contribution in [0, 0.1) is 0 Å². The number of imidazole rings is 1. The maximum absolute atomic E-state index is 9.02. The monoisotopic (exact) mass is 268 g/mol. The number of aliphatic hydroxyl groups excluding tert-OH is 1. The highest BCUT2D eigenvalue weighted by atomic mass is 16.3. The molecule has 20 heavy (non-hydrogen) atoms. The van der Waals surface area contributed by atoms with E-state index in [2.05, 4.69) is 15.3 Å². The van der Waals surface area contributed by atoms with Gasteiger partial charge in [-0.1, -0.05) is 24.3 Å². The van der Waals surface area contributed by atoms with Crippen LogP contribution in [0.4, 0.5) is 5.82 Å². The summed E-state index contributed by atoms with van der Waals surface area (Å²) in [6.07, 6.45) is 3.56. The number of rotatable bonds is 4. The van der Waals surface area contributed by atoms with Crippen molar-refractivity contribution in [3.05, 3.63) is 54.0 Å². The molecule has 5 heteroatoms. The minimum atomic E-state index is 0.0719. The maximum Gasteiger partial charge on any atom is 0.154 e. The van der Waals surface area contributed by atoms with Gasteiger partial charge in [-0.15, -0.1) is 0 Å². The highest BCUT2D eigenvalue weighted by molar-refractivity contribution is 5.85. The van der Waals surface area contributed by atoms with Gasteiger partial charge in [0.15, 0.2) is 5.82 Å². The zero-order valence-corrected chi connectivity index (χ0v) is 11.2. The van der Waals surface area contributed by atoms with Crippen molar-refractivity contribution in [3.8, 4) is 0 Å². The molecule has 0 spiro atoms. The first-order valence-electron chi connectivity index (χ1n) is 6.46. The van der Waals surface area contributed by atoms with Crippen LogP contribution in [0.1, 0.15) is 11.1 Å². The van der Waals surface area contributed by atoms with E-state index in [0.717, 1.165) is 28.0 Å². The molecule has 0 saturated carbocycles. The highest BCUT2D eigenvalue weighted by Crippen LogP contribution is 2.19. The normalized spacial score (nSPS) is 10.9. The summed E-state index contributed by atoms with van der Waals surface area (Å²) in [5, 5.41) is 12.3. The average Bonchev–Trinajstić information content (AvgIpc) is 2.88. The molecule has 5 nitrogen and oxygen atoms in total. The van der Waals surface area contributed by atoms with Gasteiger partial charge in [0.25, 0.3) is 0 Å². The topological polar surface area (TPSA) is 63.0 Å². The summed E-state index contributed by atoms with van der Waals surface area (Å²) in [6.45, 7) is 0.747. The Hall–Kier alpha value is -2.40. The Labute approximate surface area is 116 Å². The van der Waals surface area contributed by atoms with Crippen LogP contribution in [0.15, 0.2) is 42.9 Å². The minimum Gasteiger partial charge on any atom is -0.392 e. The predicted octanol–water partition coefficient (Wildman–Crippen LogP) is 2.07. The summed E-state index contributed by atoms with van der Waals surface area (Å²) in [7, 11) is 1.97. The quantitative estimate of drug-likeness (QED) is 0.760. The minimum absolute atomic E-state index is 0.0719. The van der Waals surface area contributed by atoms with Crippen molar-refractivity contribution in [2.24, 2.45) is 7.05 Å². The third kappa shape index (κ3) is 2.35. The number of benzene rings is 1. The van der Waals surface area contributed by atoms with E-state index >= 15 is 0 Å². The highest BCUT2D eigenvalue weighted by Gasteiger charge is 2.06. The van der Waals surface area contributed by atoms with Gasteiger partial charge in [-0.2, -0.15) is 0 Å². The molecule has 3 aromatic rings. The van der Waals surface area contributed by atoms with Gasteiger partial charge in [-0.25, -0.2) is 9.97 Å². The lowest BCUT2D eigenvalue weighted by Gasteiger charge is -2.07. The molecule has 0 aliphatic carbocycles. The van der Waals surface area contributed by atoms with Crippen LogP contribution in [0.25, 0.3) is 11.0 Å². The van der Waals surface area contributed by atoms with Crippen molar-refractivity contribution in [1.82, 2.24) is 14.5 Å². The van der Waals surface area contributed by atoms with Gasteiger partial charge in [-0.05, 0) is 17.2 Å². The zero-order valence-electron chi connectivity index (χ0n) is 11.2. The van der Waals surface area contributed by atoms with E-state index in [4.69, 9.17) is 5.11 Å². The molecule has 3 rings (SSSR count). The number of hydrogen-bond donors (Lipinski definition) is 2. The average molecular weight is 268 g/mol. The molecule has 0 amide bonds. The second-order valence-electron chi connectivity index (χ2n) is 4.71.